The molecule has 0 aliphatic carbocycles. The lowest BCUT2D eigenvalue weighted by Crippen LogP contribution is -2.27. The minimum absolute atomic E-state index is 0.0212. The first-order chi connectivity index (χ1) is 21.5. The molecule has 3 aromatic carbocycles. The summed E-state index contributed by atoms with van der Waals surface area (Å²) in [6.45, 7) is 3.44. The normalized spacial score (nSPS) is 12.0. The Hall–Kier alpha value is -4.98. The average Bonchev–Trinajstić information content (AvgIpc) is 3.46. The number of sulfonamides is 1. The van der Waals surface area contributed by atoms with Crippen molar-refractivity contribution in [2.24, 2.45) is 5.92 Å². The van der Waals surface area contributed by atoms with E-state index in [0.717, 1.165) is 11.0 Å². The number of nitrogens with zero attached hydrogens (tertiary/aromatic N) is 2. The molecule has 1 unspecified atom stereocenters. The van der Waals surface area contributed by atoms with Crippen LogP contribution in [0.15, 0.2) is 83.8 Å². The number of H-pyrrole nitrogens is 1. The van der Waals surface area contributed by atoms with Gasteiger partial charge < -0.3 is 15.0 Å². The lowest BCUT2D eigenvalue weighted by atomic mass is 10.1. The number of imidazole rings is 1. The Kier molecular flexibility index (Phi) is 9.32. The van der Waals surface area contributed by atoms with Crippen molar-refractivity contribution in [3.63, 3.8) is 0 Å². The Labute approximate surface area is 263 Å². The summed E-state index contributed by atoms with van der Waals surface area (Å²) in [5.74, 6) is -0.382. The van der Waals surface area contributed by atoms with Crippen LogP contribution in [-0.2, 0) is 14.8 Å². The Balaban J connectivity index is 1.23. The molecule has 1 atom stereocenters. The molecule has 5 aromatic rings. The van der Waals surface area contributed by atoms with Crippen molar-refractivity contribution in [1.82, 2.24) is 20.4 Å². The SMILES string of the molecule is Cc1nc(NS(=O)(=O)c2ccc(OCCC(C)C(=O)NO)cc2)ccc1C(=O)Nc1ccc(Cl)c(-c2nc3ccccc3[nH]2)c1. The predicted octanol–water partition coefficient (Wildman–Crippen LogP) is 5.55. The first kappa shape index (κ1) is 31.4. The number of nitrogens with one attached hydrogen (secondary N) is 4. The summed E-state index contributed by atoms with van der Waals surface area (Å²) >= 11 is 6.44. The van der Waals surface area contributed by atoms with Gasteiger partial charge in [-0.3, -0.25) is 19.5 Å². The van der Waals surface area contributed by atoms with E-state index >= 15 is 0 Å². The van der Waals surface area contributed by atoms with Gasteiger partial charge >= 0.3 is 0 Å². The van der Waals surface area contributed by atoms with Crippen molar-refractivity contribution in [2.75, 3.05) is 16.6 Å². The third kappa shape index (κ3) is 7.40. The topological polar surface area (TPSA) is 175 Å². The molecular weight excluding hydrogens is 620 g/mol. The second-order valence-electron chi connectivity index (χ2n) is 10.2. The number of aromatic amines is 1. The molecule has 0 saturated heterocycles. The van der Waals surface area contributed by atoms with E-state index in [0.29, 0.717) is 40.0 Å². The van der Waals surface area contributed by atoms with Gasteiger partial charge in [0.2, 0.25) is 5.91 Å². The Morgan fingerprint density at radius 1 is 1.02 bits per heavy atom. The van der Waals surface area contributed by atoms with Crippen LogP contribution in [0.25, 0.3) is 22.4 Å². The van der Waals surface area contributed by atoms with Crippen molar-refractivity contribution >= 4 is 56.0 Å². The number of hydrogen-bond donors (Lipinski definition) is 5. The van der Waals surface area contributed by atoms with Crippen molar-refractivity contribution in [3.8, 4) is 17.1 Å². The third-order valence-corrected chi connectivity index (χ3v) is 8.65. The average molecular weight is 649 g/mol. The van der Waals surface area contributed by atoms with Crippen molar-refractivity contribution in [3.05, 3.63) is 95.1 Å². The standard InChI is InChI=1S/C31H29ClN6O6S/c1-18(30(39)37-41)15-16-44-21-8-10-22(11-9-21)45(42,43)38-28-14-12-23(19(2)33-28)31(40)34-20-7-13-25(32)24(17-20)29-35-26-5-3-4-6-27(26)36-29/h3-14,17-18,41H,15-16H2,1-2H3,(H,33,38)(H,34,40)(H,35,36)(H,37,39). The van der Waals surface area contributed by atoms with Crippen LogP contribution in [0.1, 0.15) is 29.4 Å². The van der Waals surface area contributed by atoms with Crippen LogP contribution < -0.4 is 20.3 Å². The van der Waals surface area contributed by atoms with E-state index < -0.39 is 27.8 Å². The number of aromatic nitrogens is 3. The summed E-state index contributed by atoms with van der Waals surface area (Å²) < 4.78 is 33.9. The summed E-state index contributed by atoms with van der Waals surface area (Å²) in [6, 6.07) is 21.3. The molecule has 45 heavy (non-hydrogen) atoms. The van der Waals surface area contributed by atoms with Gasteiger partial charge in [0.05, 0.1) is 38.8 Å². The van der Waals surface area contributed by atoms with Crippen molar-refractivity contribution in [1.29, 1.82) is 0 Å². The molecule has 5 rings (SSSR count). The zero-order valence-electron chi connectivity index (χ0n) is 24.2. The van der Waals surface area contributed by atoms with Crippen LogP contribution in [0, 0.1) is 12.8 Å². The number of fused-ring (bicyclic) bond motifs is 1. The molecule has 2 heterocycles. The van der Waals surface area contributed by atoms with Gasteiger partial charge in [-0.25, -0.2) is 23.9 Å². The number of hydroxylamine groups is 1. The highest BCUT2D eigenvalue weighted by molar-refractivity contribution is 7.92. The highest BCUT2D eigenvalue weighted by Gasteiger charge is 2.18. The summed E-state index contributed by atoms with van der Waals surface area (Å²) in [5, 5.41) is 12.0. The lowest BCUT2D eigenvalue weighted by Gasteiger charge is -2.12. The highest BCUT2D eigenvalue weighted by Crippen LogP contribution is 2.30. The van der Waals surface area contributed by atoms with E-state index in [2.05, 4.69) is 25.0 Å². The zero-order valence-corrected chi connectivity index (χ0v) is 25.7. The van der Waals surface area contributed by atoms with Gasteiger partial charge in [0, 0.05) is 17.2 Å². The number of rotatable bonds is 11. The van der Waals surface area contributed by atoms with E-state index in [1.54, 1.807) is 37.5 Å². The quantitative estimate of drug-likeness (QED) is 0.0915. The number of halogens is 1. The van der Waals surface area contributed by atoms with Gasteiger partial charge in [0.1, 0.15) is 17.4 Å². The molecule has 232 valence electrons. The van der Waals surface area contributed by atoms with Gasteiger partial charge in [-0.1, -0.05) is 30.7 Å². The van der Waals surface area contributed by atoms with Gasteiger partial charge in [0.25, 0.3) is 15.9 Å². The fourth-order valence-electron chi connectivity index (χ4n) is 4.43. The number of ether oxygens (including phenoxy) is 1. The lowest BCUT2D eigenvalue weighted by molar-refractivity contribution is -0.133. The van der Waals surface area contributed by atoms with Crippen LogP contribution in [0.5, 0.6) is 5.75 Å². The maximum absolute atomic E-state index is 13.1. The van der Waals surface area contributed by atoms with Gasteiger partial charge in [-0.15, -0.1) is 0 Å². The van der Waals surface area contributed by atoms with Crippen LogP contribution in [0.3, 0.4) is 0 Å². The summed E-state index contributed by atoms with van der Waals surface area (Å²) in [6.07, 6.45) is 0.357. The summed E-state index contributed by atoms with van der Waals surface area (Å²) in [4.78, 5) is 36.6. The maximum Gasteiger partial charge on any atom is 0.263 e. The number of para-hydroxylation sites is 2. The van der Waals surface area contributed by atoms with Crippen LogP contribution in [0.4, 0.5) is 11.5 Å². The molecule has 0 spiro atoms. The number of benzene rings is 3. The molecule has 0 fully saturated rings. The monoisotopic (exact) mass is 648 g/mol. The Morgan fingerprint density at radius 2 is 1.78 bits per heavy atom. The van der Waals surface area contributed by atoms with E-state index in [4.69, 9.17) is 21.5 Å². The number of carbonyl (C=O) groups is 2. The maximum atomic E-state index is 13.1. The molecule has 5 N–H and O–H groups in total. The first-order valence-corrected chi connectivity index (χ1v) is 15.6. The molecule has 14 heteroatoms. The van der Waals surface area contributed by atoms with E-state index in [1.165, 1.54) is 36.4 Å². The fraction of sp³-hybridized carbons (Fsp3) is 0.161. The summed E-state index contributed by atoms with van der Waals surface area (Å²) in [7, 11) is -3.99. The van der Waals surface area contributed by atoms with E-state index in [-0.39, 0.29) is 22.9 Å². The van der Waals surface area contributed by atoms with Crippen LogP contribution in [-0.4, -0.2) is 47.0 Å². The molecule has 0 aliphatic rings. The molecule has 0 radical (unpaired) electrons. The predicted molar refractivity (Wildman–Crippen MR) is 170 cm³/mol. The Morgan fingerprint density at radius 3 is 2.49 bits per heavy atom. The van der Waals surface area contributed by atoms with Crippen LogP contribution in [0.2, 0.25) is 5.02 Å². The molecular formula is C31H29ClN6O6S. The van der Waals surface area contributed by atoms with Crippen LogP contribution >= 0.6 is 11.6 Å². The Bertz CT molecular complexity index is 1950. The third-order valence-electron chi connectivity index (χ3n) is 6.95. The molecule has 0 aliphatic heterocycles. The van der Waals surface area contributed by atoms with E-state index in [1.807, 2.05) is 24.3 Å². The van der Waals surface area contributed by atoms with Crippen molar-refractivity contribution in [2.45, 2.75) is 25.2 Å². The minimum Gasteiger partial charge on any atom is -0.494 e. The summed E-state index contributed by atoms with van der Waals surface area (Å²) in [5.41, 5.74) is 4.91. The second kappa shape index (κ2) is 13.3. The minimum atomic E-state index is -3.99. The van der Waals surface area contributed by atoms with Gasteiger partial charge in [-0.2, -0.15) is 0 Å². The number of hydrogen-bond acceptors (Lipinski definition) is 8. The molecule has 0 saturated carbocycles. The fourth-order valence-corrected chi connectivity index (χ4v) is 5.64. The smallest absolute Gasteiger partial charge is 0.263 e. The number of amides is 2. The number of pyridine rings is 1. The van der Waals surface area contributed by atoms with Crippen molar-refractivity contribution < 1.29 is 28.0 Å². The number of anilines is 2. The first-order valence-electron chi connectivity index (χ1n) is 13.8. The molecule has 12 nitrogen and oxygen atoms in total. The van der Waals surface area contributed by atoms with Gasteiger partial charge in [0.15, 0.2) is 0 Å². The largest absolute Gasteiger partial charge is 0.494 e. The zero-order chi connectivity index (χ0) is 32.1. The molecule has 2 amide bonds. The second-order valence-corrected chi connectivity index (χ2v) is 12.3. The molecule has 0 bridgehead atoms. The highest BCUT2D eigenvalue weighted by atomic mass is 35.5. The number of aryl methyl sites for hydroxylation is 1. The van der Waals surface area contributed by atoms with Gasteiger partial charge in [-0.05, 0) is 80.1 Å². The van der Waals surface area contributed by atoms with E-state index in [9.17, 15) is 18.0 Å². The number of carbonyl (C=O) groups excluding carboxylic acids is 2. The molecule has 2 aromatic heterocycles.